The highest BCUT2D eigenvalue weighted by molar-refractivity contribution is 5.93. The van der Waals surface area contributed by atoms with E-state index in [4.69, 9.17) is 0 Å². The second kappa shape index (κ2) is 5.99. The fraction of sp³-hybridized carbons (Fsp3) is 0.875. The van der Waals surface area contributed by atoms with Crippen LogP contribution in [-0.4, -0.2) is 11.6 Å². The maximum Gasteiger partial charge on any atom is 0.139 e. The lowest BCUT2D eigenvalue weighted by Gasteiger charge is -2.24. The van der Waals surface area contributed by atoms with Gasteiger partial charge in [-0.3, -0.25) is 9.59 Å². The van der Waals surface area contributed by atoms with Crippen molar-refractivity contribution in [2.75, 3.05) is 0 Å². The molecule has 0 saturated heterocycles. The van der Waals surface area contributed by atoms with Crippen LogP contribution in [0.4, 0.5) is 0 Å². The molecule has 2 aliphatic rings. The maximum absolute atomic E-state index is 12.4. The highest BCUT2D eigenvalue weighted by Gasteiger charge is 2.43. The number of carbonyl (C=O) groups excluding carboxylic acids is 2. The van der Waals surface area contributed by atoms with Gasteiger partial charge in [0.1, 0.15) is 11.6 Å². The van der Waals surface area contributed by atoms with Gasteiger partial charge in [-0.25, -0.2) is 0 Å². The quantitative estimate of drug-likeness (QED) is 0.624. The summed E-state index contributed by atoms with van der Waals surface area (Å²) in [6, 6.07) is 0. The minimum atomic E-state index is 0.0375. The van der Waals surface area contributed by atoms with Crippen LogP contribution in [0, 0.1) is 23.7 Å². The van der Waals surface area contributed by atoms with Gasteiger partial charge >= 0.3 is 0 Å². The molecule has 0 spiro atoms. The Bertz CT molecular complexity index is 281. The molecule has 102 valence electrons. The molecule has 0 radical (unpaired) electrons. The first-order chi connectivity index (χ1) is 8.69. The molecular weight excluding hydrogens is 224 g/mol. The van der Waals surface area contributed by atoms with E-state index < -0.39 is 0 Å². The smallest absolute Gasteiger partial charge is 0.139 e. The van der Waals surface area contributed by atoms with Crippen LogP contribution in [0.25, 0.3) is 0 Å². The molecule has 2 atom stereocenters. The number of rotatable bonds is 9. The van der Waals surface area contributed by atoms with Crippen LogP contribution in [0.2, 0.25) is 0 Å². The molecule has 0 aliphatic heterocycles. The predicted molar refractivity (Wildman–Crippen MR) is 72.3 cm³/mol. The fourth-order valence-electron chi connectivity index (χ4n) is 3.05. The number of carbonyl (C=O) groups is 2. The van der Waals surface area contributed by atoms with E-state index in [2.05, 4.69) is 13.8 Å². The van der Waals surface area contributed by atoms with Crippen LogP contribution in [-0.2, 0) is 9.59 Å². The van der Waals surface area contributed by atoms with E-state index in [0.29, 0.717) is 23.4 Å². The van der Waals surface area contributed by atoms with Crippen molar-refractivity contribution in [3.8, 4) is 0 Å². The summed E-state index contributed by atoms with van der Waals surface area (Å²) in [5, 5.41) is 0. The van der Waals surface area contributed by atoms with Crippen molar-refractivity contribution in [2.24, 2.45) is 23.7 Å². The first-order valence-corrected chi connectivity index (χ1v) is 7.76. The molecule has 2 aliphatic carbocycles. The zero-order valence-electron chi connectivity index (χ0n) is 11.8. The second-order valence-corrected chi connectivity index (χ2v) is 6.14. The molecule has 18 heavy (non-hydrogen) atoms. The third-order valence-electron chi connectivity index (χ3n) is 4.38. The summed E-state index contributed by atoms with van der Waals surface area (Å²) in [6.45, 7) is 4.25. The van der Waals surface area contributed by atoms with Crippen molar-refractivity contribution in [3.05, 3.63) is 0 Å². The molecule has 0 amide bonds. The molecule has 0 aromatic carbocycles. The SMILES string of the molecule is CCCC(C(=O)C1CC1)C(CCC)C(=O)C1CC1. The lowest BCUT2D eigenvalue weighted by Crippen LogP contribution is -2.32. The average Bonchev–Trinajstić information content (AvgIpc) is 3.21. The molecule has 2 unspecified atom stereocenters. The van der Waals surface area contributed by atoms with Crippen LogP contribution in [0.3, 0.4) is 0 Å². The van der Waals surface area contributed by atoms with E-state index in [-0.39, 0.29) is 11.8 Å². The highest BCUT2D eigenvalue weighted by atomic mass is 16.1. The first-order valence-electron chi connectivity index (χ1n) is 7.76. The van der Waals surface area contributed by atoms with Gasteiger partial charge in [0, 0.05) is 23.7 Å². The number of hydrogen-bond acceptors (Lipinski definition) is 2. The van der Waals surface area contributed by atoms with Crippen molar-refractivity contribution in [1.29, 1.82) is 0 Å². The van der Waals surface area contributed by atoms with Gasteiger partial charge < -0.3 is 0 Å². The minimum Gasteiger partial charge on any atom is -0.299 e. The third kappa shape index (κ3) is 3.21. The molecule has 0 aromatic heterocycles. The normalized spacial score (nSPS) is 22.6. The molecule has 2 fully saturated rings. The summed E-state index contributed by atoms with van der Waals surface area (Å²) in [4.78, 5) is 24.8. The van der Waals surface area contributed by atoms with E-state index in [1.807, 2.05) is 0 Å². The Morgan fingerprint density at radius 2 is 1.17 bits per heavy atom. The molecule has 2 heteroatoms. The summed E-state index contributed by atoms with van der Waals surface area (Å²) in [5.74, 6) is 1.49. The van der Waals surface area contributed by atoms with Crippen LogP contribution >= 0.6 is 0 Å². The van der Waals surface area contributed by atoms with Crippen molar-refractivity contribution in [2.45, 2.75) is 65.2 Å². The Morgan fingerprint density at radius 1 is 0.833 bits per heavy atom. The van der Waals surface area contributed by atoms with E-state index in [1.165, 1.54) is 0 Å². The van der Waals surface area contributed by atoms with Gasteiger partial charge in [0.2, 0.25) is 0 Å². The topological polar surface area (TPSA) is 34.1 Å². The lowest BCUT2D eigenvalue weighted by molar-refractivity contribution is -0.134. The maximum atomic E-state index is 12.4. The Balaban J connectivity index is 2.06. The number of Topliss-reactive ketones (excluding diaryl/α,β-unsaturated/α-hetero) is 2. The van der Waals surface area contributed by atoms with E-state index in [1.54, 1.807) is 0 Å². The molecular formula is C16H26O2. The van der Waals surface area contributed by atoms with Crippen molar-refractivity contribution in [3.63, 3.8) is 0 Å². The van der Waals surface area contributed by atoms with Crippen molar-refractivity contribution in [1.82, 2.24) is 0 Å². The van der Waals surface area contributed by atoms with Gasteiger partial charge in [-0.2, -0.15) is 0 Å². The molecule has 0 heterocycles. The Kier molecular flexibility index (Phi) is 4.58. The molecule has 0 aromatic rings. The molecule has 0 N–H and O–H groups in total. The van der Waals surface area contributed by atoms with Crippen LogP contribution in [0.5, 0.6) is 0 Å². The van der Waals surface area contributed by atoms with Gasteiger partial charge in [-0.05, 0) is 38.5 Å². The van der Waals surface area contributed by atoms with E-state index in [9.17, 15) is 9.59 Å². The summed E-state index contributed by atoms with van der Waals surface area (Å²) in [7, 11) is 0. The fourth-order valence-corrected chi connectivity index (χ4v) is 3.05. The summed E-state index contributed by atoms with van der Waals surface area (Å²) >= 11 is 0. The Hall–Kier alpha value is -0.660. The lowest BCUT2D eigenvalue weighted by atomic mass is 9.77. The van der Waals surface area contributed by atoms with Gasteiger partial charge in [-0.15, -0.1) is 0 Å². The monoisotopic (exact) mass is 250 g/mol. The van der Waals surface area contributed by atoms with Crippen LogP contribution in [0.15, 0.2) is 0 Å². The van der Waals surface area contributed by atoms with E-state index in [0.717, 1.165) is 51.4 Å². The van der Waals surface area contributed by atoms with E-state index >= 15 is 0 Å². The summed E-state index contributed by atoms with van der Waals surface area (Å²) in [6.07, 6.45) is 8.12. The number of ketones is 2. The first kappa shape index (κ1) is 13.8. The molecule has 0 bridgehead atoms. The van der Waals surface area contributed by atoms with Gasteiger partial charge in [-0.1, -0.05) is 26.7 Å². The van der Waals surface area contributed by atoms with Gasteiger partial charge in [0.15, 0.2) is 0 Å². The average molecular weight is 250 g/mol. The third-order valence-corrected chi connectivity index (χ3v) is 4.38. The van der Waals surface area contributed by atoms with Crippen LogP contribution in [0.1, 0.15) is 65.2 Å². The van der Waals surface area contributed by atoms with Crippen LogP contribution < -0.4 is 0 Å². The zero-order chi connectivity index (χ0) is 13.1. The molecule has 2 rings (SSSR count). The highest BCUT2D eigenvalue weighted by Crippen LogP contribution is 2.41. The largest absolute Gasteiger partial charge is 0.299 e. The van der Waals surface area contributed by atoms with Crippen molar-refractivity contribution < 1.29 is 9.59 Å². The van der Waals surface area contributed by atoms with Gasteiger partial charge in [0.25, 0.3) is 0 Å². The standard InChI is InChI=1S/C16H26O2/c1-3-5-13(15(17)11-7-8-11)14(6-4-2)16(18)12-9-10-12/h11-14H,3-10H2,1-2H3. The summed E-state index contributed by atoms with van der Waals surface area (Å²) < 4.78 is 0. The number of hydrogen-bond donors (Lipinski definition) is 0. The van der Waals surface area contributed by atoms with Crippen molar-refractivity contribution >= 4 is 11.6 Å². The molecule has 2 nitrogen and oxygen atoms in total. The predicted octanol–water partition coefficient (Wildman–Crippen LogP) is 3.78. The Labute approximate surface area is 111 Å². The summed E-state index contributed by atoms with van der Waals surface area (Å²) in [5.41, 5.74) is 0. The zero-order valence-corrected chi connectivity index (χ0v) is 11.8. The molecule has 2 saturated carbocycles. The second-order valence-electron chi connectivity index (χ2n) is 6.14. The Morgan fingerprint density at radius 3 is 1.39 bits per heavy atom. The van der Waals surface area contributed by atoms with Gasteiger partial charge in [0.05, 0.1) is 0 Å². The minimum absolute atomic E-state index is 0.0375.